The van der Waals surface area contributed by atoms with E-state index >= 15 is 0 Å². The number of aliphatic hydroxyl groups excluding tert-OH is 1. The maximum atomic E-state index is 10.0. The van der Waals surface area contributed by atoms with Crippen molar-refractivity contribution < 1.29 is 14.6 Å². The van der Waals surface area contributed by atoms with Crippen molar-refractivity contribution in [2.75, 3.05) is 17.7 Å². The summed E-state index contributed by atoms with van der Waals surface area (Å²) in [5.74, 6) is 1.42. The Bertz CT molecular complexity index is 1290. The second-order valence-corrected chi connectivity index (χ2v) is 12.3. The van der Waals surface area contributed by atoms with Crippen LogP contribution in [0, 0.1) is 19.8 Å². The van der Waals surface area contributed by atoms with Gasteiger partial charge in [0.15, 0.2) is 27.9 Å². The van der Waals surface area contributed by atoms with E-state index in [4.69, 9.17) is 19.4 Å². The fraction of sp³-hybridized carbons (Fsp3) is 0.630. The van der Waals surface area contributed by atoms with Crippen LogP contribution in [0.1, 0.15) is 68.7 Å². The summed E-state index contributed by atoms with van der Waals surface area (Å²) in [6.07, 6.45) is 2.40. The normalized spacial score (nSPS) is 30.1. The topological polar surface area (TPSA) is 107 Å². The highest BCUT2D eigenvalue weighted by Crippen LogP contribution is 2.48. The molecule has 0 radical (unpaired) electrons. The standard InChI is InChI=1S/C27H36N6O3S/c1-6-7-37-26-29-24(28-19-12-18(19)16-9-14(2)8-15(3)10-16)21-25(30-26)33(32-31-21)20-11-17(13-34)22-23(20)36-27(4,5)35-22/h8-10,17-20,22-23,34H,6-7,11-13H2,1-5H3,(H,28,29,30). The van der Waals surface area contributed by atoms with E-state index in [0.717, 1.165) is 29.6 Å². The van der Waals surface area contributed by atoms with Crippen LogP contribution in [-0.2, 0) is 9.47 Å². The minimum Gasteiger partial charge on any atom is -0.396 e. The molecule has 3 heterocycles. The molecule has 0 amide bonds. The number of nitrogens with zero attached hydrogens (tertiary/aromatic N) is 5. The molecule has 1 saturated heterocycles. The summed E-state index contributed by atoms with van der Waals surface area (Å²) < 4.78 is 14.3. The van der Waals surface area contributed by atoms with E-state index in [1.165, 1.54) is 16.7 Å². The van der Waals surface area contributed by atoms with E-state index < -0.39 is 5.79 Å². The summed E-state index contributed by atoms with van der Waals surface area (Å²) in [5, 5.41) is 23.5. The summed E-state index contributed by atoms with van der Waals surface area (Å²) in [6.45, 7) is 10.3. The van der Waals surface area contributed by atoms with E-state index in [1.54, 1.807) is 11.8 Å². The Labute approximate surface area is 221 Å². The van der Waals surface area contributed by atoms with Crippen LogP contribution in [0.5, 0.6) is 0 Å². The number of hydrogen-bond donors (Lipinski definition) is 2. The van der Waals surface area contributed by atoms with Gasteiger partial charge in [-0.1, -0.05) is 53.2 Å². The van der Waals surface area contributed by atoms with Crippen LogP contribution in [-0.4, -0.2) is 66.5 Å². The molecule has 6 atom stereocenters. The Kier molecular flexibility index (Phi) is 6.42. The minimum absolute atomic E-state index is 0.0191. The molecule has 1 aliphatic heterocycles. The number of benzene rings is 1. The zero-order valence-corrected chi connectivity index (χ0v) is 23.0. The van der Waals surface area contributed by atoms with Crippen LogP contribution < -0.4 is 5.32 Å². The summed E-state index contributed by atoms with van der Waals surface area (Å²) in [4.78, 5) is 9.77. The molecule has 6 rings (SSSR count). The molecular weight excluding hydrogens is 488 g/mol. The van der Waals surface area contributed by atoms with Gasteiger partial charge in [-0.05, 0) is 52.5 Å². The summed E-state index contributed by atoms with van der Waals surface area (Å²) in [7, 11) is 0. The molecular formula is C27H36N6O3S. The van der Waals surface area contributed by atoms with Crippen LogP contribution in [0.4, 0.5) is 5.82 Å². The number of anilines is 1. The zero-order chi connectivity index (χ0) is 25.9. The number of ether oxygens (including phenoxy) is 2. The van der Waals surface area contributed by atoms with E-state index in [-0.39, 0.29) is 30.8 Å². The van der Waals surface area contributed by atoms with Crippen LogP contribution in [0.15, 0.2) is 23.4 Å². The number of rotatable bonds is 8. The number of nitrogens with one attached hydrogen (secondary N) is 1. The van der Waals surface area contributed by atoms with Crippen molar-refractivity contribution >= 4 is 28.7 Å². The number of aromatic nitrogens is 5. The first-order valence-electron chi connectivity index (χ1n) is 13.3. The average molecular weight is 525 g/mol. The van der Waals surface area contributed by atoms with Crippen molar-refractivity contribution in [2.24, 2.45) is 5.92 Å². The Morgan fingerprint density at radius 3 is 2.59 bits per heavy atom. The van der Waals surface area contributed by atoms with Gasteiger partial charge in [-0.2, -0.15) is 0 Å². The largest absolute Gasteiger partial charge is 0.396 e. The van der Waals surface area contributed by atoms with Crippen molar-refractivity contribution in [2.45, 2.75) is 95.0 Å². The van der Waals surface area contributed by atoms with Crippen molar-refractivity contribution in [1.29, 1.82) is 0 Å². The molecule has 0 bridgehead atoms. The van der Waals surface area contributed by atoms with Crippen molar-refractivity contribution in [3.63, 3.8) is 0 Å². The molecule has 10 heteroatoms. The summed E-state index contributed by atoms with van der Waals surface area (Å²) >= 11 is 1.65. The quantitative estimate of drug-likeness (QED) is 0.328. The average Bonchev–Trinajstić information content (AvgIpc) is 3.18. The van der Waals surface area contributed by atoms with Gasteiger partial charge in [0.05, 0.1) is 12.1 Å². The van der Waals surface area contributed by atoms with E-state index in [9.17, 15) is 5.11 Å². The maximum Gasteiger partial charge on any atom is 0.191 e. The molecule has 6 unspecified atom stereocenters. The van der Waals surface area contributed by atoms with Gasteiger partial charge < -0.3 is 19.9 Å². The highest BCUT2D eigenvalue weighted by atomic mass is 32.2. The molecule has 2 N–H and O–H groups in total. The molecule has 3 fully saturated rings. The molecule has 2 aliphatic carbocycles. The highest BCUT2D eigenvalue weighted by molar-refractivity contribution is 7.99. The van der Waals surface area contributed by atoms with Crippen LogP contribution in [0.2, 0.25) is 0 Å². The smallest absolute Gasteiger partial charge is 0.191 e. The highest BCUT2D eigenvalue weighted by Gasteiger charge is 2.55. The molecule has 1 aromatic carbocycles. The Morgan fingerprint density at radius 1 is 1.11 bits per heavy atom. The SMILES string of the molecule is CCCSc1nc(NC2CC2c2cc(C)cc(C)c2)c2nnn(C3CC(CO)C4OC(C)(C)OC43)c2n1. The van der Waals surface area contributed by atoms with Crippen molar-refractivity contribution in [1.82, 2.24) is 25.0 Å². The van der Waals surface area contributed by atoms with Crippen LogP contribution in [0.25, 0.3) is 11.2 Å². The van der Waals surface area contributed by atoms with Gasteiger partial charge in [0.1, 0.15) is 6.10 Å². The Balaban J connectivity index is 1.33. The molecule has 9 nitrogen and oxygen atoms in total. The lowest BCUT2D eigenvalue weighted by Gasteiger charge is -2.23. The third kappa shape index (κ3) is 4.73. The predicted octanol–water partition coefficient (Wildman–Crippen LogP) is 4.38. The lowest BCUT2D eigenvalue weighted by molar-refractivity contribution is -0.162. The van der Waals surface area contributed by atoms with Crippen molar-refractivity contribution in [3.8, 4) is 0 Å². The van der Waals surface area contributed by atoms with Gasteiger partial charge in [0.25, 0.3) is 0 Å². The maximum absolute atomic E-state index is 10.0. The Hall–Kier alpha value is -2.27. The number of aliphatic hydroxyl groups is 1. The van der Waals surface area contributed by atoms with E-state index in [0.29, 0.717) is 29.5 Å². The van der Waals surface area contributed by atoms with Gasteiger partial charge in [-0.3, -0.25) is 0 Å². The molecule has 2 aromatic heterocycles. The van der Waals surface area contributed by atoms with Crippen molar-refractivity contribution in [3.05, 3.63) is 34.9 Å². The van der Waals surface area contributed by atoms with Crippen LogP contribution in [0.3, 0.4) is 0 Å². The lowest BCUT2D eigenvalue weighted by Crippen LogP contribution is -2.28. The van der Waals surface area contributed by atoms with Crippen LogP contribution >= 0.6 is 11.8 Å². The third-order valence-corrected chi connectivity index (χ3v) is 8.68. The first-order valence-corrected chi connectivity index (χ1v) is 14.3. The van der Waals surface area contributed by atoms with Gasteiger partial charge in [-0.15, -0.1) is 5.10 Å². The number of fused-ring (bicyclic) bond motifs is 2. The van der Waals surface area contributed by atoms with Gasteiger partial charge in [0.2, 0.25) is 0 Å². The number of aryl methyl sites for hydroxylation is 2. The summed E-state index contributed by atoms with van der Waals surface area (Å²) in [6, 6.07) is 6.97. The lowest BCUT2D eigenvalue weighted by atomic mass is 10.0. The fourth-order valence-corrected chi connectivity index (χ4v) is 6.68. The second kappa shape index (κ2) is 9.48. The van der Waals surface area contributed by atoms with E-state index in [1.807, 2.05) is 18.5 Å². The predicted molar refractivity (Wildman–Crippen MR) is 143 cm³/mol. The minimum atomic E-state index is -0.698. The monoisotopic (exact) mass is 524 g/mol. The van der Waals surface area contributed by atoms with E-state index in [2.05, 4.69) is 54.6 Å². The first kappa shape index (κ1) is 25.0. The van der Waals surface area contributed by atoms with Gasteiger partial charge in [-0.25, -0.2) is 14.6 Å². The number of thioether (sulfide) groups is 1. The fourth-order valence-electron chi connectivity index (χ4n) is 5.99. The molecule has 198 valence electrons. The van der Waals surface area contributed by atoms with Gasteiger partial charge >= 0.3 is 0 Å². The molecule has 2 saturated carbocycles. The van der Waals surface area contributed by atoms with Gasteiger partial charge in [0, 0.05) is 30.2 Å². The molecule has 3 aromatic rings. The third-order valence-electron chi connectivity index (χ3n) is 7.62. The Morgan fingerprint density at radius 2 is 1.86 bits per heavy atom. The summed E-state index contributed by atoms with van der Waals surface area (Å²) in [5.41, 5.74) is 5.34. The second-order valence-electron chi connectivity index (χ2n) is 11.2. The molecule has 3 aliphatic rings. The first-order chi connectivity index (χ1) is 17.8. The molecule has 37 heavy (non-hydrogen) atoms. The molecule has 0 spiro atoms. The zero-order valence-electron chi connectivity index (χ0n) is 22.1. The number of hydrogen-bond acceptors (Lipinski definition) is 9.